The highest BCUT2D eigenvalue weighted by Crippen LogP contribution is 2.10. The predicted octanol–water partition coefficient (Wildman–Crippen LogP) is 1.00. The molecule has 0 aliphatic carbocycles. The van der Waals surface area contributed by atoms with Crippen LogP contribution in [0.2, 0.25) is 0 Å². The van der Waals surface area contributed by atoms with Gasteiger partial charge < -0.3 is 30.7 Å². The van der Waals surface area contributed by atoms with E-state index in [9.17, 15) is 24.0 Å². The van der Waals surface area contributed by atoms with Crippen LogP contribution < -0.4 is 21.3 Å². The number of hydrogen-bond donors (Lipinski definition) is 4. The highest BCUT2D eigenvalue weighted by Gasteiger charge is 2.27. The van der Waals surface area contributed by atoms with Gasteiger partial charge in [-0.25, -0.2) is 4.79 Å². The summed E-state index contributed by atoms with van der Waals surface area (Å²) in [5.41, 5.74) is -1.39. The molecule has 0 spiro atoms. The number of nitrogens with one attached hydrogen (secondary N) is 4. The fourth-order valence-corrected chi connectivity index (χ4v) is 2.46. The number of hydrogen-bond acceptors (Lipinski definition) is 7. The smallest absolute Gasteiger partial charge is 0.408 e. The van der Waals surface area contributed by atoms with Crippen molar-refractivity contribution in [1.29, 1.82) is 0 Å². The summed E-state index contributed by atoms with van der Waals surface area (Å²) in [6.45, 7) is 14.8. The molecule has 0 fully saturated rings. The van der Waals surface area contributed by atoms with E-state index in [1.807, 2.05) is 13.8 Å². The second-order valence-electron chi connectivity index (χ2n) is 10.1. The Balaban J connectivity index is 4.67. The van der Waals surface area contributed by atoms with Crippen LogP contribution in [0.4, 0.5) is 4.79 Å². The molecule has 11 heteroatoms. The average Bonchev–Trinajstić information content (AvgIpc) is 2.60. The zero-order valence-corrected chi connectivity index (χ0v) is 21.2. The molecular formula is C22H40N4O7. The molecule has 0 radical (unpaired) electrons. The van der Waals surface area contributed by atoms with Gasteiger partial charge >= 0.3 is 12.1 Å². The van der Waals surface area contributed by atoms with Gasteiger partial charge in [0.2, 0.25) is 17.7 Å². The Labute approximate surface area is 196 Å². The van der Waals surface area contributed by atoms with Crippen molar-refractivity contribution < 1.29 is 33.4 Å². The Morgan fingerprint density at radius 1 is 0.727 bits per heavy atom. The average molecular weight is 473 g/mol. The maximum Gasteiger partial charge on any atom is 0.408 e. The van der Waals surface area contributed by atoms with Crippen molar-refractivity contribution in [2.45, 2.75) is 92.0 Å². The lowest BCUT2D eigenvalue weighted by atomic mass is 10.0. The summed E-state index contributed by atoms with van der Waals surface area (Å²) >= 11 is 0. The van der Waals surface area contributed by atoms with Gasteiger partial charge in [0.25, 0.3) is 0 Å². The summed E-state index contributed by atoms with van der Waals surface area (Å²) in [5.74, 6) is -2.25. The van der Waals surface area contributed by atoms with Crippen LogP contribution in [0, 0.1) is 5.92 Å². The van der Waals surface area contributed by atoms with Gasteiger partial charge in [0.15, 0.2) is 0 Å². The zero-order chi connectivity index (χ0) is 26.0. The first-order chi connectivity index (χ1) is 14.9. The van der Waals surface area contributed by atoms with E-state index >= 15 is 0 Å². The third-order valence-electron chi connectivity index (χ3n) is 3.74. The second kappa shape index (κ2) is 13.0. The first-order valence-electron chi connectivity index (χ1n) is 11.0. The van der Waals surface area contributed by atoms with E-state index in [4.69, 9.17) is 9.47 Å². The number of rotatable bonds is 10. The van der Waals surface area contributed by atoms with Crippen LogP contribution >= 0.6 is 0 Å². The van der Waals surface area contributed by atoms with E-state index < -0.39 is 53.1 Å². The minimum Gasteiger partial charge on any atom is -0.459 e. The highest BCUT2D eigenvalue weighted by atomic mass is 16.6. The standard InChI is InChI=1S/C22H40N4O7/c1-13(2)10-15(26-20(31)33-22(7,8)9)19(30)25-14(3)18(29)24-11-16(27)23-12-17(28)32-21(4,5)6/h13-15H,10-12H2,1-9H3,(H,23,27)(H,24,29)(H,25,30)(H,26,31)/t14-,15-/m0/s1. The van der Waals surface area contributed by atoms with Gasteiger partial charge in [-0.3, -0.25) is 19.2 Å². The Morgan fingerprint density at radius 3 is 1.76 bits per heavy atom. The lowest BCUT2D eigenvalue weighted by Crippen LogP contribution is -2.54. The molecule has 0 saturated carbocycles. The molecular weight excluding hydrogens is 432 g/mol. The quantitative estimate of drug-likeness (QED) is 0.346. The monoisotopic (exact) mass is 472 g/mol. The van der Waals surface area contributed by atoms with Crippen LogP contribution in [0.25, 0.3) is 0 Å². The maximum atomic E-state index is 12.6. The number of carbonyl (C=O) groups is 5. The molecule has 0 saturated heterocycles. The van der Waals surface area contributed by atoms with Crippen molar-refractivity contribution >= 4 is 29.8 Å². The molecule has 33 heavy (non-hydrogen) atoms. The molecule has 0 aliphatic heterocycles. The van der Waals surface area contributed by atoms with E-state index in [1.54, 1.807) is 41.5 Å². The highest BCUT2D eigenvalue weighted by molar-refractivity contribution is 5.93. The van der Waals surface area contributed by atoms with Gasteiger partial charge in [-0.1, -0.05) is 13.8 Å². The van der Waals surface area contributed by atoms with Gasteiger partial charge in [0.1, 0.15) is 29.8 Å². The van der Waals surface area contributed by atoms with Gasteiger partial charge in [-0.05, 0) is 60.8 Å². The molecule has 0 bridgehead atoms. The molecule has 0 rings (SSSR count). The predicted molar refractivity (Wildman–Crippen MR) is 122 cm³/mol. The third kappa shape index (κ3) is 15.6. The van der Waals surface area contributed by atoms with Gasteiger partial charge in [-0.2, -0.15) is 0 Å². The first kappa shape index (κ1) is 30.1. The molecule has 0 aliphatic rings. The van der Waals surface area contributed by atoms with E-state index in [1.165, 1.54) is 6.92 Å². The zero-order valence-electron chi connectivity index (χ0n) is 21.2. The normalized spacial score (nSPS) is 13.4. The topological polar surface area (TPSA) is 152 Å². The fraction of sp³-hybridized carbons (Fsp3) is 0.773. The third-order valence-corrected chi connectivity index (χ3v) is 3.74. The van der Waals surface area contributed by atoms with Crippen molar-refractivity contribution in [2.75, 3.05) is 13.1 Å². The van der Waals surface area contributed by atoms with E-state index in [-0.39, 0.29) is 19.0 Å². The van der Waals surface area contributed by atoms with Gasteiger partial charge in [0.05, 0.1) is 6.54 Å². The molecule has 11 nitrogen and oxygen atoms in total. The second-order valence-corrected chi connectivity index (χ2v) is 10.1. The molecule has 0 aromatic rings. The molecule has 4 N–H and O–H groups in total. The van der Waals surface area contributed by atoms with E-state index in [0.29, 0.717) is 6.42 Å². The molecule has 0 aromatic carbocycles. The van der Waals surface area contributed by atoms with Crippen molar-refractivity contribution in [2.24, 2.45) is 5.92 Å². The minimum atomic E-state index is -0.966. The van der Waals surface area contributed by atoms with Crippen LogP contribution in [0.1, 0.15) is 68.7 Å². The first-order valence-corrected chi connectivity index (χ1v) is 11.0. The lowest BCUT2D eigenvalue weighted by molar-refractivity contribution is -0.154. The molecule has 0 heterocycles. The van der Waals surface area contributed by atoms with Crippen molar-refractivity contribution in [3.05, 3.63) is 0 Å². The Kier molecular flexibility index (Phi) is 11.9. The SMILES string of the molecule is CC(C)C[C@H](NC(=O)OC(C)(C)C)C(=O)N[C@@H](C)C(=O)NCC(=O)NCC(=O)OC(C)(C)C. The number of esters is 1. The number of amides is 4. The summed E-state index contributed by atoms with van der Waals surface area (Å²) in [6, 6.07) is -1.86. The van der Waals surface area contributed by atoms with Crippen LogP contribution in [0.3, 0.4) is 0 Å². The molecule has 0 aromatic heterocycles. The lowest BCUT2D eigenvalue weighted by Gasteiger charge is -2.25. The Bertz CT molecular complexity index is 709. The summed E-state index contributed by atoms with van der Waals surface area (Å²) in [6.07, 6.45) is -0.394. The largest absolute Gasteiger partial charge is 0.459 e. The minimum absolute atomic E-state index is 0.0912. The van der Waals surface area contributed by atoms with Crippen LogP contribution in [0.5, 0.6) is 0 Å². The summed E-state index contributed by atoms with van der Waals surface area (Å²) in [4.78, 5) is 60.4. The number of ether oxygens (including phenoxy) is 2. The van der Waals surface area contributed by atoms with Crippen molar-refractivity contribution in [1.82, 2.24) is 21.3 Å². The maximum absolute atomic E-state index is 12.6. The summed E-state index contributed by atoms with van der Waals surface area (Å²) < 4.78 is 10.3. The molecule has 190 valence electrons. The van der Waals surface area contributed by atoms with Crippen molar-refractivity contribution in [3.8, 4) is 0 Å². The molecule has 0 unspecified atom stereocenters. The summed E-state index contributed by atoms with van der Waals surface area (Å²) in [7, 11) is 0. The Morgan fingerprint density at radius 2 is 1.27 bits per heavy atom. The van der Waals surface area contributed by atoms with Crippen LogP contribution in [0.15, 0.2) is 0 Å². The Hall–Kier alpha value is -2.85. The van der Waals surface area contributed by atoms with Crippen molar-refractivity contribution in [3.63, 3.8) is 0 Å². The number of alkyl carbamates (subject to hydrolysis) is 1. The molecule has 2 atom stereocenters. The van der Waals surface area contributed by atoms with Crippen LogP contribution in [-0.2, 0) is 28.7 Å². The molecule has 4 amide bonds. The van der Waals surface area contributed by atoms with Crippen LogP contribution in [-0.4, -0.2) is 66.2 Å². The van der Waals surface area contributed by atoms with E-state index in [2.05, 4.69) is 21.3 Å². The fourth-order valence-electron chi connectivity index (χ4n) is 2.46. The van der Waals surface area contributed by atoms with E-state index in [0.717, 1.165) is 0 Å². The summed E-state index contributed by atoms with van der Waals surface area (Å²) in [5, 5.41) is 9.78. The number of carbonyl (C=O) groups excluding carboxylic acids is 5. The van der Waals surface area contributed by atoms with Gasteiger partial charge in [0, 0.05) is 0 Å². The van der Waals surface area contributed by atoms with Gasteiger partial charge in [-0.15, -0.1) is 0 Å².